The lowest BCUT2D eigenvalue weighted by molar-refractivity contribution is -1.01. The summed E-state index contributed by atoms with van der Waals surface area (Å²) in [4.78, 5) is 3.05. The van der Waals surface area contributed by atoms with Crippen LogP contribution in [0.2, 0.25) is 0 Å². The second-order valence-corrected chi connectivity index (χ2v) is 6.00. The molecule has 0 unspecified atom stereocenters. The zero-order chi connectivity index (χ0) is 12.1. The molecular formula is C12H29N4+3. The van der Waals surface area contributed by atoms with E-state index in [2.05, 4.69) is 26.1 Å². The van der Waals surface area contributed by atoms with E-state index in [-0.39, 0.29) is 0 Å². The highest BCUT2D eigenvalue weighted by atomic mass is 15.4. The van der Waals surface area contributed by atoms with Gasteiger partial charge in [0.2, 0.25) is 6.34 Å². The maximum Gasteiger partial charge on any atom is 0.227 e. The molecule has 1 aliphatic heterocycles. The first-order valence-corrected chi connectivity index (χ1v) is 6.40. The van der Waals surface area contributed by atoms with Crippen molar-refractivity contribution in [3.63, 3.8) is 0 Å². The number of nitrogens with one attached hydrogen (secondary N) is 1. The average Bonchev–Trinajstić information content (AvgIpc) is 2.23. The lowest BCUT2D eigenvalue weighted by atomic mass is 10.2. The van der Waals surface area contributed by atoms with Crippen LogP contribution >= 0.6 is 0 Å². The van der Waals surface area contributed by atoms with Crippen molar-refractivity contribution in [2.45, 2.75) is 12.8 Å². The van der Waals surface area contributed by atoms with Crippen LogP contribution in [-0.2, 0) is 0 Å². The fourth-order valence-corrected chi connectivity index (χ4v) is 2.28. The van der Waals surface area contributed by atoms with Gasteiger partial charge in [-0.25, -0.2) is 0 Å². The maximum absolute atomic E-state index is 5.27. The van der Waals surface area contributed by atoms with E-state index in [1.807, 2.05) is 0 Å². The van der Waals surface area contributed by atoms with Crippen molar-refractivity contribution >= 4 is 6.34 Å². The Bertz CT molecular complexity index is 225. The van der Waals surface area contributed by atoms with Gasteiger partial charge in [-0.1, -0.05) is 0 Å². The molecule has 1 rings (SSSR count). The number of piperazine rings is 1. The third-order valence-electron chi connectivity index (χ3n) is 3.88. The Morgan fingerprint density at radius 1 is 1.06 bits per heavy atom. The second kappa shape index (κ2) is 5.64. The van der Waals surface area contributed by atoms with Gasteiger partial charge in [-0.2, -0.15) is 0 Å². The van der Waals surface area contributed by atoms with E-state index in [1.54, 1.807) is 0 Å². The highest BCUT2D eigenvalue weighted by Gasteiger charge is 2.33. The van der Waals surface area contributed by atoms with Crippen LogP contribution in [-0.4, -0.2) is 75.7 Å². The Hall–Kier alpha value is -0.610. The molecule has 0 aliphatic carbocycles. The van der Waals surface area contributed by atoms with Crippen LogP contribution in [0.5, 0.6) is 0 Å². The molecule has 4 nitrogen and oxygen atoms in total. The van der Waals surface area contributed by atoms with Gasteiger partial charge in [0.1, 0.15) is 26.2 Å². The van der Waals surface area contributed by atoms with Crippen molar-refractivity contribution in [2.24, 2.45) is 5.73 Å². The minimum absolute atomic E-state index is 1.01. The SMILES string of the molecule is C[N+]1(C)CC[N+](C)(CCCC[NH+]=CN)CC1. The number of quaternary nitrogens is 2. The van der Waals surface area contributed by atoms with Gasteiger partial charge in [0.25, 0.3) is 0 Å². The molecule has 0 spiro atoms. The molecule has 0 aromatic carbocycles. The average molecular weight is 229 g/mol. The van der Waals surface area contributed by atoms with Gasteiger partial charge in [-0.3, -0.25) is 10.7 Å². The summed E-state index contributed by atoms with van der Waals surface area (Å²) >= 11 is 0. The lowest BCUT2D eigenvalue weighted by Gasteiger charge is -2.44. The van der Waals surface area contributed by atoms with Crippen molar-refractivity contribution in [1.82, 2.24) is 0 Å². The Kier molecular flexibility index (Phi) is 4.74. The molecule has 16 heavy (non-hydrogen) atoms. The smallest absolute Gasteiger partial charge is 0.227 e. The summed E-state index contributed by atoms with van der Waals surface area (Å²) in [5.41, 5.74) is 5.27. The van der Waals surface area contributed by atoms with E-state index >= 15 is 0 Å². The van der Waals surface area contributed by atoms with Crippen LogP contribution in [0.3, 0.4) is 0 Å². The number of hydrogen-bond acceptors (Lipinski definition) is 0. The van der Waals surface area contributed by atoms with Gasteiger partial charge in [0.15, 0.2) is 0 Å². The quantitative estimate of drug-likeness (QED) is 0.253. The van der Waals surface area contributed by atoms with Crippen LogP contribution in [0, 0.1) is 0 Å². The van der Waals surface area contributed by atoms with Gasteiger partial charge >= 0.3 is 0 Å². The number of rotatable bonds is 5. The lowest BCUT2D eigenvalue weighted by Crippen LogP contribution is -2.70. The predicted molar refractivity (Wildman–Crippen MR) is 67.9 cm³/mol. The normalized spacial score (nSPS) is 23.7. The molecule has 1 saturated heterocycles. The summed E-state index contributed by atoms with van der Waals surface area (Å²) in [6.07, 6.45) is 4.06. The molecule has 1 aliphatic rings. The number of nitrogens with two attached hydrogens (primary N) is 1. The molecule has 0 bridgehead atoms. The molecule has 0 aromatic heterocycles. The molecule has 94 valence electrons. The Balaban J connectivity index is 2.21. The summed E-state index contributed by atoms with van der Waals surface area (Å²) in [7, 11) is 7.08. The van der Waals surface area contributed by atoms with E-state index in [4.69, 9.17) is 5.73 Å². The largest absolute Gasteiger partial charge is 0.319 e. The first-order valence-electron chi connectivity index (χ1n) is 6.40. The fourth-order valence-electron chi connectivity index (χ4n) is 2.28. The highest BCUT2D eigenvalue weighted by molar-refractivity contribution is 5.42. The number of unbranched alkanes of at least 4 members (excludes halogenated alkanes) is 1. The summed E-state index contributed by atoms with van der Waals surface area (Å²) in [6.45, 7) is 7.59. The van der Waals surface area contributed by atoms with Crippen LogP contribution in [0.15, 0.2) is 0 Å². The monoisotopic (exact) mass is 229 g/mol. The topological polar surface area (TPSA) is 40.0 Å². The van der Waals surface area contributed by atoms with E-state index in [0.29, 0.717) is 0 Å². The zero-order valence-electron chi connectivity index (χ0n) is 11.2. The number of likely N-dealkylation sites (N-methyl/N-ethyl adjacent to an activating group) is 2. The number of hydrogen-bond donors (Lipinski definition) is 2. The molecular weight excluding hydrogens is 200 g/mol. The van der Waals surface area contributed by atoms with E-state index in [9.17, 15) is 0 Å². The molecule has 0 aromatic rings. The van der Waals surface area contributed by atoms with Gasteiger partial charge < -0.3 is 8.97 Å². The molecule has 1 fully saturated rings. The van der Waals surface area contributed by atoms with Crippen molar-refractivity contribution in [3.8, 4) is 0 Å². The summed E-state index contributed by atoms with van der Waals surface area (Å²) in [6, 6.07) is 0. The van der Waals surface area contributed by atoms with Crippen LogP contribution < -0.4 is 10.7 Å². The Morgan fingerprint density at radius 3 is 2.25 bits per heavy atom. The summed E-state index contributed by atoms with van der Waals surface area (Å²) < 4.78 is 2.45. The fraction of sp³-hybridized carbons (Fsp3) is 0.917. The summed E-state index contributed by atoms with van der Waals surface area (Å²) in [5.74, 6) is 0. The Morgan fingerprint density at radius 2 is 1.69 bits per heavy atom. The van der Waals surface area contributed by atoms with Gasteiger partial charge in [0.05, 0.1) is 34.2 Å². The van der Waals surface area contributed by atoms with E-state index < -0.39 is 0 Å². The first-order chi connectivity index (χ1) is 7.47. The van der Waals surface area contributed by atoms with Crippen LogP contribution in [0.25, 0.3) is 0 Å². The minimum Gasteiger partial charge on any atom is -0.319 e. The van der Waals surface area contributed by atoms with Crippen molar-refractivity contribution < 1.29 is 14.0 Å². The predicted octanol–water partition coefficient (Wildman–Crippen LogP) is -1.63. The van der Waals surface area contributed by atoms with Crippen LogP contribution in [0.4, 0.5) is 0 Å². The number of nitrogens with zero attached hydrogens (tertiary/aromatic N) is 2. The standard InChI is InChI=1S/C12H28N4/c1-15(2)8-10-16(3,11-9-15)7-5-4-6-14-12-13/h12H,4-11H2,1-3H3,(H2,13,14)/q+2/p+1. The van der Waals surface area contributed by atoms with Crippen molar-refractivity contribution in [2.75, 3.05) is 60.4 Å². The van der Waals surface area contributed by atoms with Gasteiger partial charge in [-0.05, 0) is 6.42 Å². The molecule has 4 heteroatoms. The van der Waals surface area contributed by atoms with E-state index in [0.717, 1.165) is 6.54 Å². The molecule has 0 amide bonds. The summed E-state index contributed by atoms with van der Waals surface area (Å²) in [5, 5.41) is 0. The van der Waals surface area contributed by atoms with Crippen molar-refractivity contribution in [3.05, 3.63) is 0 Å². The third kappa shape index (κ3) is 4.49. The minimum atomic E-state index is 1.01. The molecule has 1 heterocycles. The zero-order valence-corrected chi connectivity index (χ0v) is 11.2. The van der Waals surface area contributed by atoms with Crippen molar-refractivity contribution in [1.29, 1.82) is 0 Å². The third-order valence-corrected chi connectivity index (χ3v) is 3.88. The van der Waals surface area contributed by atoms with Gasteiger partial charge in [0, 0.05) is 6.42 Å². The van der Waals surface area contributed by atoms with E-state index in [1.165, 1.54) is 60.9 Å². The molecule has 0 saturated carbocycles. The molecule has 0 atom stereocenters. The first kappa shape index (κ1) is 13.5. The highest BCUT2D eigenvalue weighted by Crippen LogP contribution is 2.14. The maximum atomic E-state index is 5.27. The molecule has 0 radical (unpaired) electrons. The molecule has 3 N–H and O–H groups in total. The Labute approximate surface area is 99.9 Å². The van der Waals surface area contributed by atoms with Gasteiger partial charge in [-0.15, -0.1) is 0 Å². The van der Waals surface area contributed by atoms with Crippen LogP contribution in [0.1, 0.15) is 12.8 Å². The second-order valence-electron chi connectivity index (χ2n) is 6.00.